The van der Waals surface area contributed by atoms with Gasteiger partial charge in [-0.2, -0.15) is 0 Å². The maximum Gasteiger partial charge on any atom is 0.0561 e. The molecule has 1 fully saturated rings. The van der Waals surface area contributed by atoms with Gasteiger partial charge in [-0.15, -0.1) is 12.3 Å². The zero-order chi connectivity index (χ0) is 10.2. The normalized spacial score (nSPS) is 27.1. The van der Waals surface area contributed by atoms with Gasteiger partial charge < -0.3 is 10.1 Å². The minimum absolute atomic E-state index is 0.423. The maximum atomic E-state index is 5.49. The van der Waals surface area contributed by atoms with Crippen LogP contribution in [0, 0.1) is 12.3 Å². The van der Waals surface area contributed by atoms with Crippen molar-refractivity contribution >= 4 is 0 Å². The molecule has 2 heteroatoms. The average Bonchev–Trinajstić information content (AvgIpc) is 2.18. The first kappa shape index (κ1) is 11.6. The second kappa shape index (κ2) is 6.86. The largest absolute Gasteiger partial charge is 0.378 e. The van der Waals surface area contributed by atoms with E-state index >= 15 is 0 Å². The van der Waals surface area contributed by atoms with Crippen molar-refractivity contribution in [3.8, 4) is 12.3 Å². The molecule has 0 aromatic heterocycles. The van der Waals surface area contributed by atoms with Gasteiger partial charge in [-0.3, -0.25) is 0 Å². The van der Waals surface area contributed by atoms with Gasteiger partial charge >= 0.3 is 0 Å². The van der Waals surface area contributed by atoms with E-state index in [9.17, 15) is 0 Å². The lowest BCUT2D eigenvalue weighted by Gasteiger charge is -2.28. The summed E-state index contributed by atoms with van der Waals surface area (Å²) in [6.07, 6.45) is 11.1. The topological polar surface area (TPSA) is 21.3 Å². The standard InChI is InChI=1S/C12H21NO/c1-3-4-5-6-8-13-12-7-9-14-11(2)10-12/h1,11-13H,4-10H2,2H3. The van der Waals surface area contributed by atoms with E-state index in [4.69, 9.17) is 11.2 Å². The second-order valence-corrected chi connectivity index (χ2v) is 4.02. The van der Waals surface area contributed by atoms with Crippen LogP contribution in [0.3, 0.4) is 0 Å². The number of hydrogen-bond donors (Lipinski definition) is 1. The van der Waals surface area contributed by atoms with Gasteiger partial charge in [0.25, 0.3) is 0 Å². The third-order valence-electron chi connectivity index (χ3n) is 2.67. The number of terminal acetylenes is 1. The van der Waals surface area contributed by atoms with Crippen molar-refractivity contribution in [3.05, 3.63) is 0 Å². The van der Waals surface area contributed by atoms with Gasteiger partial charge in [0.1, 0.15) is 0 Å². The van der Waals surface area contributed by atoms with E-state index in [0.717, 1.165) is 38.8 Å². The minimum atomic E-state index is 0.423. The summed E-state index contributed by atoms with van der Waals surface area (Å²) in [6, 6.07) is 0.657. The Hall–Kier alpha value is -0.520. The number of nitrogens with one attached hydrogen (secondary N) is 1. The predicted octanol–water partition coefficient (Wildman–Crippen LogP) is 1.95. The molecule has 0 aromatic rings. The molecule has 14 heavy (non-hydrogen) atoms. The minimum Gasteiger partial charge on any atom is -0.378 e. The molecule has 0 spiro atoms. The van der Waals surface area contributed by atoms with Crippen molar-refractivity contribution in [3.63, 3.8) is 0 Å². The van der Waals surface area contributed by atoms with Crippen molar-refractivity contribution < 1.29 is 4.74 Å². The first-order chi connectivity index (χ1) is 6.83. The molecule has 1 aliphatic heterocycles. The molecule has 80 valence electrons. The zero-order valence-electron chi connectivity index (χ0n) is 9.09. The molecule has 1 aliphatic rings. The molecule has 0 amide bonds. The molecule has 0 aliphatic carbocycles. The van der Waals surface area contributed by atoms with Crippen LogP contribution >= 0.6 is 0 Å². The average molecular weight is 195 g/mol. The lowest BCUT2D eigenvalue weighted by atomic mass is 10.0. The Morgan fingerprint density at radius 2 is 2.36 bits per heavy atom. The van der Waals surface area contributed by atoms with E-state index in [-0.39, 0.29) is 0 Å². The smallest absolute Gasteiger partial charge is 0.0561 e. The highest BCUT2D eigenvalue weighted by molar-refractivity contribution is 4.83. The fourth-order valence-corrected chi connectivity index (χ4v) is 1.84. The van der Waals surface area contributed by atoms with E-state index in [1.165, 1.54) is 6.42 Å². The lowest BCUT2D eigenvalue weighted by molar-refractivity contribution is 0.0134. The first-order valence-corrected chi connectivity index (χ1v) is 5.61. The molecule has 1 heterocycles. The summed E-state index contributed by atoms with van der Waals surface area (Å²) >= 11 is 0. The van der Waals surface area contributed by atoms with Crippen LogP contribution in [0.15, 0.2) is 0 Å². The number of hydrogen-bond acceptors (Lipinski definition) is 2. The predicted molar refractivity (Wildman–Crippen MR) is 59.1 cm³/mol. The summed E-state index contributed by atoms with van der Waals surface area (Å²) in [4.78, 5) is 0. The summed E-state index contributed by atoms with van der Waals surface area (Å²) in [5.41, 5.74) is 0. The fraction of sp³-hybridized carbons (Fsp3) is 0.833. The fourth-order valence-electron chi connectivity index (χ4n) is 1.84. The van der Waals surface area contributed by atoms with E-state index < -0.39 is 0 Å². The van der Waals surface area contributed by atoms with Crippen LogP contribution in [0.25, 0.3) is 0 Å². The summed E-state index contributed by atoms with van der Waals surface area (Å²) in [7, 11) is 0. The Morgan fingerprint density at radius 1 is 1.50 bits per heavy atom. The highest BCUT2D eigenvalue weighted by Crippen LogP contribution is 2.12. The molecule has 2 atom stereocenters. The summed E-state index contributed by atoms with van der Waals surface area (Å²) in [5.74, 6) is 2.67. The molecule has 0 aromatic carbocycles. The van der Waals surface area contributed by atoms with Gasteiger partial charge in [0.05, 0.1) is 6.10 Å². The molecule has 1 rings (SSSR count). The highest BCUT2D eigenvalue weighted by Gasteiger charge is 2.17. The molecule has 2 nitrogen and oxygen atoms in total. The van der Waals surface area contributed by atoms with E-state index in [1.807, 2.05) is 0 Å². The monoisotopic (exact) mass is 195 g/mol. The van der Waals surface area contributed by atoms with Gasteiger partial charge in [-0.05, 0) is 39.2 Å². The molecule has 0 radical (unpaired) electrons. The van der Waals surface area contributed by atoms with Crippen LogP contribution in [-0.4, -0.2) is 25.3 Å². The van der Waals surface area contributed by atoms with Crippen LogP contribution < -0.4 is 5.32 Å². The quantitative estimate of drug-likeness (QED) is 0.535. The van der Waals surface area contributed by atoms with Gasteiger partial charge in [0.2, 0.25) is 0 Å². The van der Waals surface area contributed by atoms with Crippen LogP contribution in [0.2, 0.25) is 0 Å². The van der Waals surface area contributed by atoms with Crippen molar-refractivity contribution in [1.29, 1.82) is 0 Å². The van der Waals surface area contributed by atoms with Crippen LogP contribution in [0.5, 0.6) is 0 Å². The molecule has 0 saturated carbocycles. The van der Waals surface area contributed by atoms with E-state index in [0.29, 0.717) is 12.1 Å². The van der Waals surface area contributed by atoms with Crippen LogP contribution in [-0.2, 0) is 4.74 Å². The Bertz CT molecular complexity index is 185. The van der Waals surface area contributed by atoms with Crippen molar-refractivity contribution in [2.24, 2.45) is 0 Å². The molecule has 1 saturated heterocycles. The van der Waals surface area contributed by atoms with Crippen molar-refractivity contribution in [2.45, 2.75) is 51.2 Å². The third-order valence-corrected chi connectivity index (χ3v) is 2.67. The van der Waals surface area contributed by atoms with Gasteiger partial charge in [0.15, 0.2) is 0 Å². The Kier molecular flexibility index (Phi) is 5.66. The third kappa shape index (κ3) is 4.64. The van der Waals surface area contributed by atoms with Crippen LogP contribution in [0.1, 0.15) is 39.0 Å². The summed E-state index contributed by atoms with van der Waals surface area (Å²) in [6.45, 7) is 4.15. The first-order valence-electron chi connectivity index (χ1n) is 5.61. The van der Waals surface area contributed by atoms with E-state index in [1.54, 1.807) is 0 Å². The molecular formula is C12H21NO. The summed E-state index contributed by atoms with van der Waals surface area (Å²) < 4.78 is 5.49. The van der Waals surface area contributed by atoms with Gasteiger partial charge in [-0.25, -0.2) is 0 Å². The Balaban J connectivity index is 1.98. The van der Waals surface area contributed by atoms with Crippen molar-refractivity contribution in [1.82, 2.24) is 5.32 Å². The highest BCUT2D eigenvalue weighted by atomic mass is 16.5. The van der Waals surface area contributed by atoms with E-state index in [2.05, 4.69) is 18.2 Å². The lowest BCUT2D eigenvalue weighted by Crippen LogP contribution is -2.38. The van der Waals surface area contributed by atoms with Crippen molar-refractivity contribution in [2.75, 3.05) is 13.2 Å². The second-order valence-electron chi connectivity index (χ2n) is 4.02. The van der Waals surface area contributed by atoms with Crippen LogP contribution in [0.4, 0.5) is 0 Å². The Labute approximate surface area is 87.4 Å². The molecular weight excluding hydrogens is 174 g/mol. The number of ether oxygens (including phenoxy) is 1. The summed E-state index contributed by atoms with van der Waals surface area (Å²) in [5, 5.41) is 3.56. The molecule has 2 unspecified atom stereocenters. The molecule has 1 N–H and O–H groups in total. The SMILES string of the molecule is C#CCCCCNC1CCOC(C)C1. The zero-order valence-corrected chi connectivity index (χ0v) is 9.09. The molecule has 0 bridgehead atoms. The van der Waals surface area contributed by atoms with Gasteiger partial charge in [0, 0.05) is 19.1 Å². The number of rotatable bonds is 5. The Morgan fingerprint density at radius 3 is 3.07 bits per heavy atom. The maximum absolute atomic E-state index is 5.49. The van der Waals surface area contributed by atoms with Gasteiger partial charge in [-0.1, -0.05) is 0 Å². The number of unbranched alkanes of at least 4 members (excludes halogenated alkanes) is 2.